The molecule has 6 nitrogen and oxygen atoms in total. The Kier molecular flexibility index (Phi) is 7.63. The number of halogens is 1. The maximum Gasteiger partial charge on any atom is 0.227 e. The van der Waals surface area contributed by atoms with Crippen LogP contribution in [0, 0.1) is 11.7 Å². The molecule has 0 bridgehead atoms. The third-order valence-electron chi connectivity index (χ3n) is 5.99. The number of aryl methyl sites for hydroxylation is 1. The number of carbonyl (C=O) groups is 1. The van der Waals surface area contributed by atoms with Gasteiger partial charge in [-0.25, -0.2) is 9.07 Å². The van der Waals surface area contributed by atoms with Gasteiger partial charge >= 0.3 is 0 Å². The molecule has 1 atom stereocenters. The summed E-state index contributed by atoms with van der Waals surface area (Å²) in [6.45, 7) is 7.49. The van der Waals surface area contributed by atoms with Gasteiger partial charge in [-0.05, 0) is 55.7 Å². The molecular formula is C27H32FN3O3. The molecule has 1 saturated heterocycles. The van der Waals surface area contributed by atoms with Crippen molar-refractivity contribution in [2.24, 2.45) is 5.92 Å². The number of carbonyl (C=O) groups excluding carboxylic acids is 1. The molecular weight excluding hydrogens is 433 g/mol. The van der Waals surface area contributed by atoms with E-state index in [0.717, 1.165) is 30.7 Å². The molecule has 7 heteroatoms. The molecule has 1 amide bonds. The number of hydrogen-bond donors (Lipinski definition) is 0. The first-order valence-electron chi connectivity index (χ1n) is 12.0. The minimum Gasteiger partial charge on any atom is -0.439 e. The van der Waals surface area contributed by atoms with Gasteiger partial charge in [0.15, 0.2) is 0 Å². The predicted molar refractivity (Wildman–Crippen MR) is 129 cm³/mol. The second-order valence-electron chi connectivity index (χ2n) is 8.90. The van der Waals surface area contributed by atoms with Gasteiger partial charge in [-0.1, -0.05) is 39.0 Å². The van der Waals surface area contributed by atoms with Gasteiger partial charge in [-0.3, -0.25) is 4.79 Å². The van der Waals surface area contributed by atoms with Gasteiger partial charge in [0.2, 0.25) is 11.8 Å². The van der Waals surface area contributed by atoms with E-state index < -0.39 is 0 Å². The summed E-state index contributed by atoms with van der Waals surface area (Å²) in [5.41, 5.74) is 2.38. The highest BCUT2D eigenvalue weighted by atomic mass is 19.1. The smallest absolute Gasteiger partial charge is 0.227 e. The predicted octanol–water partition coefficient (Wildman–Crippen LogP) is 5.53. The molecule has 1 aromatic heterocycles. The second kappa shape index (κ2) is 10.8. The molecule has 1 aliphatic rings. The van der Waals surface area contributed by atoms with Crippen LogP contribution in [-0.2, 0) is 22.5 Å². The van der Waals surface area contributed by atoms with Crippen molar-refractivity contribution in [1.29, 1.82) is 0 Å². The topological polar surface area (TPSA) is 56.6 Å². The number of ether oxygens (including phenoxy) is 2. The normalized spacial score (nSPS) is 15.6. The molecule has 0 radical (unpaired) electrons. The van der Waals surface area contributed by atoms with Crippen molar-refractivity contribution in [3.8, 4) is 17.3 Å². The summed E-state index contributed by atoms with van der Waals surface area (Å²) in [5, 5.41) is 4.81. The summed E-state index contributed by atoms with van der Waals surface area (Å²) in [7, 11) is 0. The van der Waals surface area contributed by atoms with Gasteiger partial charge in [0.25, 0.3) is 0 Å². The molecule has 34 heavy (non-hydrogen) atoms. The van der Waals surface area contributed by atoms with Crippen molar-refractivity contribution in [1.82, 2.24) is 14.7 Å². The van der Waals surface area contributed by atoms with Crippen LogP contribution in [0.25, 0.3) is 5.69 Å². The highest BCUT2D eigenvalue weighted by molar-refractivity contribution is 5.78. The van der Waals surface area contributed by atoms with Crippen LogP contribution in [0.15, 0.2) is 54.6 Å². The molecule has 0 N–H and O–H groups in total. The van der Waals surface area contributed by atoms with E-state index in [1.54, 1.807) is 16.8 Å². The first kappa shape index (κ1) is 24.0. The van der Waals surface area contributed by atoms with Crippen LogP contribution in [0.1, 0.15) is 44.9 Å². The molecule has 2 aromatic carbocycles. The molecule has 4 rings (SSSR count). The van der Waals surface area contributed by atoms with Gasteiger partial charge in [0.05, 0.1) is 29.6 Å². The third-order valence-corrected chi connectivity index (χ3v) is 5.99. The molecule has 0 saturated carbocycles. The second-order valence-corrected chi connectivity index (χ2v) is 8.90. The van der Waals surface area contributed by atoms with Crippen LogP contribution in [0.3, 0.4) is 0 Å². The lowest BCUT2D eigenvalue weighted by Gasteiger charge is -2.27. The number of benzene rings is 2. The highest BCUT2D eigenvalue weighted by Gasteiger charge is 2.28. The first-order chi connectivity index (χ1) is 16.5. The quantitative estimate of drug-likeness (QED) is 0.417. The first-order valence-corrected chi connectivity index (χ1v) is 12.0. The Morgan fingerprint density at radius 2 is 1.94 bits per heavy atom. The van der Waals surface area contributed by atoms with E-state index in [0.29, 0.717) is 36.8 Å². The largest absolute Gasteiger partial charge is 0.439 e. The zero-order chi connectivity index (χ0) is 24.1. The van der Waals surface area contributed by atoms with Gasteiger partial charge in [-0.15, -0.1) is 0 Å². The fraction of sp³-hybridized carbons (Fsp3) is 0.407. The van der Waals surface area contributed by atoms with E-state index in [1.165, 1.54) is 12.1 Å². The van der Waals surface area contributed by atoms with Gasteiger partial charge in [0, 0.05) is 19.1 Å². The Labute approximate surface area is 200 Å². The fourth-order valence-corrected chi connectivity index (χ4v) is 4.21. The van der Waals surface area contributed by atoms with Gasteiger partial charge < -0.3 is 14.4 Å². The molecule has 1 fully saturated rings. The van der Waals surface area contributed by atoms with Crippen LogP contribution >= 0.6 is 0 Å². The lowest BCUT2D eigenvalue weighted by Crippen LogP contribution is -2.39. The highest BCUT2D eigenvalue weighted by Crippen LogP contribution is 2.33. The van der Waals surface area contributed by atoms with Gasteiger partial charge in [-0.2, -0.15) is 5.10 Å². The van der Waals surface area contributed by atoms with Gasteiger partial charge in [0.1, 0.15) is 11.6 Å². The van der Waals surface area contributed by atoms with E-state index in [2.05, 4.69) is 0 Å². The summed E-state index contributed by atoms with van der Waals surface area (Å²) in [4.78, 5) is 15.0. The van der Waals surface area contributed by atoms with E-state index in [9.17, 15) is 9.18 Å². The van der Waals surface area contributed by atoms with Crippen molar-refractivity contribution in [2.45, 2.75) is 52.7 Å². The minimum absolute atomic E-state index is 0.0402. The zero-order valence-electron chi connectivity index (χ0n) is 20.0. The van der Waals surface area contributed by atoms with Crippen molar-refractivity contribution in [3.63, 3.8) is 0 Å². The number of nitrogens with zero attached hydrogens (tertiary/aromatic N) is 3. The Bertz CT molecular complexity index is 1090. The van der Waals surface area contributed by atoms with Crippen molar-refractivity contribution >= 4 is 5.91 Å². The Morgan fingerprint density at radius 3 is 2.56 bits per heavy atom. The molecule has 1 aliphatic heterocycles. The number of aromatic nitrogens is 2. The monoisotopic (exact) mass is 465 g/mol. The van der Waals surface area contributed by atoms with E-state index in [1.807, 2.05) is 56.0 Å². The average molecular weight is 466 g/mol. The SMILES string of the molecule is CCc1nn(-c2ccc(F)cc2)c(Oc2ccccc2)c1CN(C[C@@H]1CCCO1)C(=O)C(C)C. The Morgan fingerprint density at radius 1 is 1.21 bits per heavy atom. The van der Waals surface area contributed by atoms with Crippen molar-refractivity contribution in [2.75, 3.05) is 13.2 Å². The summed E-state index contributed by atoms with van der Waals surface area (Å²) >= 11 is 0. The molecule has 0 spiro atoms. The Balaban J connectivity index is 1.76. The van der Waals surface area contributed by atoms with Crippen LogP contribution in [-0.4, -0.2) is 39.8 Å². The lowest BCUT2D eigenvalue weighted by molar-refractivity contribution is -0.136. The minimum atomic E-state index is -0.317. The number of amides is 1. The third kappa shape index (κ3) is 5.47. The number of para-hydroxylation sites is 1. The maximum absolute atomic E-state index is 13.6. The summed E-state index contributed by atoms with van der Waals surface area (Å²) in [5.74, 6) is 0.802. The fourth-order valence-electron chi connectivity index (χ4n) is 4.21. The standard InChI is InChI=1S/C27H32FN3O3/c1-4-25-24(18-30(26(32)19(2)3)17-23-11-8-16-33-23)27(34-22-9-6-5-7-10-22)31(29-25)21-14-12-20(28)13-15-21/h5-7,9-10,12-15,19,23H,4,8,11,16-18H2,1-3H3/t23-/m0/s1. The van der Waals surface area contributed by atoms with E-state index in [-0.39, 0.29) is 23.7 Å². The zero-order valence-corrected chi connectivity index (χ0v) is 20.0. The molecule has 0 aliphatic carbocycles. The van der Waals surface area contributed by atoms with Crippen molar-refractivity contribution in [3.05, 3.63) is 71.7 Å². The molecule has 2 heterocycles. The molecule has 0 unspecified atom stereocenters. The summed E-state index contributed by atoms with van der Waals surface area (Å²) in [6, 6.07) is 15.6. The van der Waals surface area contributed by atoms with Crippen LogP contribution in [0.4, 0.5) is 4.39 Å². The Hall–Kier alpha value is -3.19. The van der Waals surface area contributed by atoms with E-state index >= 15 is 0 Å². The lowest BCUT2D eigenvalue weighted by atomic mass is 10.1. The molecule has 3 aromatic rings. The van der Waals surface area contributed by atoms with Crippen LogP contribution in [0.2, 0.25) is 0 Å². The average Bonchev–Trinajstić information content (AvgIpc) is 3.47. The van der Waals surface area contributed by atoms with Crippen molar-refractivity contribution < 1.29 is 18.7 Å². The van der Waals surface area contributed by atoms with Crippen LogP contribution in [0.5, 0.6) is 11.6 Å². The molecule has 180 valence electrons. The number of hydrogen-bond acceptors (Lipinski definition) is 4. The maximum atomic E-state index is 13.6. The summed E-state index contributed by atoms with van der Waals surface area (Å²) in [6.07, 6.45) is 2.67. The van der Waals surface area contributed by atoms with E-state index in [4.69, 9.17) is 14.6 Å². The number of rotatable bonds is 9. The summed E-state index contributed by atoms with van der Waals surface area (Å²) < 4.78 is 27.5. The van der Waals surface area contributed by atoms with Crippen LogP contribution < -0.4 is 4.74 Å².